The van der Waals surface area contributed by atoms with Gasteiger partial charge in [-0.05, 0) is 0 Å². The second kappa shape index (κ2) is 14.1. The number of hydrogen-bond donors (Lipinski definition) is 0. The van der Waals surface area contributed by atoms with Crippen molar-refractivity contribution >= 4 is 21.8 Å². The van der Waals surface area contributed by atoms with Crippen molar-refractivity contribution in [2.45, 2.75) is 0 Å². The van der Waals surface area contributed by atoms with E-state index < -0.39 is 0 Å². The van der Waals surface area contributed by atoms with Gasteiger partial charge in [-0.2, -0.15) is 22.9 Å². The summed E-state index contributed by atoms with van der Waals surface area (Å²) in [6, 6.07) is 32.2. The molecule has 0 aliphatic carbocycles. The maximum Gasteiger partial charge on any atom is 2.00 e. The van der Waals surface area contributed by atoms with Gasteiger partial charge in [0.2, 0.25) is 5.95 Å². The Hall–Kier alpha value is -5.17. The third kappa shape index (κ3) is 6.56. The van der Waals surface area contributed by atoms with Crippen LogP contribution in [0.25, 0.3) is 50.3 Å². The van der Waals surface area contributed by atoms with Gasteiger partial charge in [-0.3, -0.25) is 9.97 Å². The molecular weight excluding hydrogens is 955 g/mol. The molecule has 0 bridgehead atoms. The molecule has 0 spiro atoms. The van der Waals surface area contributed by atoms with Gasteiger partial charge in [-0.15, -0.1) is 71.8 Å². The zero-order valence-corrected chi connectivity index (χ0v) is 28.5. The average molecular weight is 973 g/mol. The van der Waals surface area contributed by atoms with Crippen molar-refractivity contribution < 1.29 is 51.6 Å². The van der Waals surface area contributed by atoms with E-state index in [9.17, 15) is 0 Å². The van der Waals surface area contributed by atoms with Gasteiger partial charge in [0.15, 0.2) is 0 Å². The van der Waals surface area contributed by atoms with E-state index in [1.807, 2.05) is 65.2 Å². The molecule has 8 aromatic rings. The van der Waals surface area contributed by atoms with Crippen LogP contribution in [-0.4, -0.2) is 39.5 Å². The fourth-order valence-electron chi connectivity index (χ4n) is 4.92. The summed E-state index contributed by atoms with van der Waals surface area (Å²) in [6.45, 7) is 0. The molecule has 0 saturated carbocycles. The molecule has 0 aliphatic heterocycles. The molecule has 4 heterocycles. The number of hydrogen-bond acceptors (Lipinski definition) is 9. The van der Waals surface area contributed by atoms with E-state index in [-0.39, 0.29) is 42.1 Å². The minimum Gasteiger partial charge on any atom is -0.503 e. The van der Waals surface area contributed by atoms with Crippen LogP contribution in [0.2, 0.25) is 0 Å². The molecule has 10 nitrogen and oxygen atoms in total. The number of aromatic nitrogens is 8. The summed E-state index contributed by atoms with van der Waals surface area (Å²) in [7, 11) is 0. The van der Waals surface area contributed by atoms with Gasteiger partial charge in [-0.25, -0.2) is 15.0 Å². The van der Waals surface area contributed by atoms with Gasteiger partial charge in [0.1, 0.15) is 12.7 Å². The van der Waals surface area contributed by atoms with Gasteiger partial charge >= 0.3 is 42.1 Å². The van der Waals surface area contributed by atoms with E-state index in [1.54, 1.807) is 37.2 Å². The molecule has 0 N–H and O–H groups in total. The van der Waals surface area contributed by atoms with Crippen molar-refractivity contribution in [2.75, 3.05) is 0 Å². The number of fused-ring (bicyclic) bond motifs is 3. The molecule has 12 heteroatoms. The molecule has 230 valence electrons. The Morgan fingerprint density at radius 2 is 0.979 bits per heavy atom. The second-order valence-corrected chi connectivity index (χ2v) is 9.69. The van der Waals surface area contributed by atoms with Crippen molar-refractivity contribution in [3.8, 4) is 51.5 Å². The summed E-state index contributed by atoms with van der Waals surface area (Å²) in [6.07, 6.45) is 12.8. The molecule has 0 aliphatic rings. The molecule has 4 aromatic carbocycles. The topological polar surface area (TPSA) is 114 Å². The molecule has 0 fully saturated rings. The maximum atomic E-state index is 6.21. The van der Waals surface area contributed by atoms with Crippen LogP contribution in [0.3, 0.4) is 0 Å². The third-order valence-corrected chi connectivity index (χ3v) is 6.87. The van der Waals surface area contributed by atoms with Crippen LogP contribution >= 0.6 is 0 Å². The third-order valence-electron chi connectivity index (χ3n) is 6.87. The van der Waals surface area contributed by atoms with Crippen LogP contribution in [0.15, 0.2) is 110 Å². The molecule has 0 saturated heterocycles. The molecule has 0 radical (unpaired) electrons. The fraction of sp³-hybridized carbons (Fsp3) is 0. The van der Waals surface area contributed by atoms with Gasteiger partial charge in [-0.1, -0.05) is 23.2 Å². The van der Waals surface area contributed by atoms with Crippen LogP contribution in [0.5, 0.6) is 23.0 Å². The largest absolute Gasteiger partial charge is 2.00 e. The Bertz CT molecular complexity index is 2150. The van der Waals surface area contributed by atoms with E-state index in [0.717, 1.165) is 21.9 Å². The zero-order chi connectivity index (χ0) is 30.0. The molecule has 0 unspecified atom stereocenters. The second-order valence-electron chi connectivity index (χ2n) is 9.69. The summed E-state index contributed by atoms with van der Waals surface area (Å²) in [5.41, 5.74) is 4.32. The summed E-state index contributed by atoms with van der Waals surface area (Å²) in [5, 5.41) is 1.82. The Balaban J connectivity index is 0.00000193. The van der Waals surface area contributed by atoms with E-state index >= 15 is 0 Å². The Morgan fingerprint density at radius 3 is 1.45 bits per heavy atom. The van der Waals surface area contributed by atoms with Crippen molar-refractivity contribution in [1.82, 2.24) is 39.5 Å². The molecule has 0 amide bonds. The van der Waals surface area contributed by atoms with Gasteiger partial charge < -0.3 is 24.0 Å². The SMILES string of the molecule is [Pt+2].[Pt+2].[c-]1c(Oc2[c-]c3c(cc2)c2ccc(Oc4[c-]c(-c5cnccn5)ccc4)[c-]c2n3-c2ncncn2)cccc1-c1cnccn1. The quantitative estimate of drug-likeness (QED) is 0.162. The molecule has 8 rings (SSSR count). The van der Waals surface area contributed by atoms with Gasteiger partial charge in [0.05, 0.1) is 0 Å². The van der Waals surface area contributed by atoms with Crippen LogP contribution < -0.4 is 9.47 Å². The first kappa shape index (κ1) is 31.8. The molecule has 0 atom stereocenters. The first-order chi connectivity index (χ1) is 22.3. The normalized spacial score (nSPS) is 10.6. The smallest absolute Gasteiger partial charge is 0.503 e. The number of nitrogens with zero attached hydrogens (tertiary/aromatic N) is 8. The van der Waals surface area contributed by atoms with E-state index in [1.165, 1.54) is 12.7 Å². The van der Waals surface area contributed by atoms with Crippen molar-refractivity contribution in [2.24, 2.45) is 0 Å². The summed E-state index contributed by atoms with van der Waals surface area (Å²) in [4.78, 5) is 29.8. The van der Waals surface area contributed by atoms with E-state index in [0.29, 0.717) is 51.4 Å². The van der Waals surface area contributed by atoms with E-state index in [4.69, 9.17) is 9.47 Å². The molecule has 47 heavy (non-hydrogen) atoms. The van der Waals surface area contributed by atoms with Crippen molar-refractivity contribution in [1.29, 1.82) is 0 Å². The standard InChI is InChI=1S/C35H18N8O2.2Pt/c1-3-23(31-19-36-11-13-39-31)15-25(5-1)44-27-7-9-29-30-10-8-28(18-34(30)43(33(29)17-27)35-41-21-38-22-42-35)45-26-6-2-4-24(16-26)32-20-37-12-14-40-32;;/h1-14,19-22H;;/q-4;2*+2. The number of ether oxygens (including phenoxy) is 2. The van der Waals surface area contributed by atoms with E-state index in [2.05, 4.69) is 59.2 Å². The number of benzene rings is 4. The van der Waals surface area contributed by atoms with Crippen LogP contribution in [0.4, 0.5) is 0 Å². The summed E-state index contributed by atoms with van der Waals surface area (Å²) >= 11 is 0. The zero-order valence-electron chi connectivity index (χ0n) is 23.9. The van der Waals surface area contributed by atoms with Gasteiger partial charge in [0, 0.05) is 71.6 Å². The Morgan fingerprint density at radius 1 is 0.489 bits per heavy atom. The predicted molar refractivity (Wildman–Crippen MR) is 165 cm³/mol. The average Bonchev–Trinajstić information content (AvgIpc) is 3.42. The van der Waals surface area contributed by atoms with Crippen LogP contribution in [-0.2, 0) is 42.1 Å². The van der Waals surface area contributed by atoms with Gasteiger partial charge in [0.25, 0.3) is 0 Å². The van der Waals surface area contributed by atoms with Crippen molar-refractivity contribution in [3.63, 3.8) is 0 Å². The van der Waals surface area contributed by atoms with Crippen molar-refractivity contribution in [3.05, 3.63) is 135 Å². The summed E-state index contributed by atoms with van der Waals surface area (Å²) < 4.78 is 14.3. The monoisotopic (exact) mass is 972 g/mol. The Kier molecular flexibility index (Phi) is 9.52. The maximum absolute atomic E-state index is 6.21. The molecule has 4 aromatic heterocycles. The minimum absolute atomic E-state index is 0. The first-order valence-electron chi connectivity index (χ1n) is 13.8. The fourth-order valence-corrected chi connectivity index (χ4v) is 4.92. The molecular formula is C35H18N8O2Pt2. The predicted octanol–water partition coefficient (Wildman–Crippen LogP) is 6.66. The Labute approximate surface area is 297 Å². The summed E-state index contributed by atoms with van der Waals surface area (Å²) in [5.74, 6) is 2.40. The first-order valence-corrected chi connectivity index (χ1v) is 13.8. The van der Waals surface area contributed by atoms with Crippen LogP contribution in [0, 0.1) is 24.3 Å². The van der Waals surface area contributed by atoms with Crippen LogP contribution in [0.1, 0.15) is 0 Å². The minimum atomic E-state index is 0. The number of rotatable bonds is 7.